The van der Waals surface area contributed by atoms with Gasteiger partial charge in [0.2, 0.25) is 0 Å². The van der Waals surface area contributed by atoms with Crippen LogP contribution in [0.25, 0.3) is 0 Å². The maximum Gasteiger partial charge on any atom is 0.264 e. The van der Waals surface area contributed by atoms with Crippen LogP contribution >= 0.6 is 0 Å². The zero-order chi connectivity index (χ0) is 27.2. The molecule has 1 fully saturated rings. The Hall–Kier alpha value is -4.61. The molecule has 1 heterocycles. The number of rotatable bonds is 7. The number of nitrogens with zero attached hydrogens (tertiary/aromatic N) is 4. The standard InChI is InChI=1S/C31H28N4O3S/c32-23-25-11-13-26(14-12-25)24-35(39(37,38)30-9-5-2-6-10-30)29-17-15-27(16-18-29)31(36)34-21-19-33(20-22-34)28-7-3-1-4-8-28/h1-18H,19-22,24H2. The van der Waals surface area contributed by atoms with Crippen molar-refractivity contribution in [1.82, 2.24) is 4.90 Å². The maximum absolute atomic E-state index is 13.7. The number of hydrogen-bond donors (Lipinski definition) is 0. The Labute approximate surface area is 229 Å². The number of carbonyl (C=O) groups is 1. The fraction of sp³-hybridized carbons (Fsp3) is 0.161. The third kappa shape index (κ3) is 5.79. The van der Waals surface area contributed by atoms with Gasteiger partial charge in [0.1, 0.15) is 0 Å². The first-order valence-corrected chi connectivity index (χ1v) is 14.2. The van der Waals surface area contributed by atoms with Gasteiger partial charge in [0.15, 0.2) is 0 Å². The minimum absolute atomic E-state index is 0.0705. The largest absolute Gasteiger partial charge is 0.368 e. The predicted molar refractivity (Wildman–Crippen MR) is 152 cm³/mol. The molecule has 0 aromatic heterocycles. The van der Waals surface area contributed by atoms with E-state index >= 15 is 0 Å². The highest BCUT2D eigenvalue weighted by molar-refractivity contribution is 7.92. The average molecular weight is 537 g/mol. The van der Waals surface area contributed by atoms with Gasteiger partial charge in [-0.2, -0.15) is 5.26 Å². The highest BCUT2D eigenvalue weighted by atomic mass is 32.2. The molecule has 0 unspecified atom stereocenters. The van der Waals surface area contributed by atoms with Crippen LogP contribution in [0.1, 0.15) is 21.5 Å². The summed E-state index contributed by atoms with van der Waals surface area (Å²) in [6, 6.07) is 34.1. The van der Waals surface area contributed by atoms with E-state index in [0.29, 0.717) is 29.9 Å². The summed E-state index contributed by atoms with van der Waals surface area (Å²) in [6.07, 6.45) is 0. The van der Waals surface area contributed by atoms with E-state index in [4.69, 9.17) is 5.26 Å². The molecule has 0 radical (unpaired) electrons. The lowest BCUT2D eigenvalue weighted by atomic mass is 10.1. The van der Waals surface area contributed by atoms with Crippen LogP contribution in [0, 0.1) is 11.3 Å². The first kappa shape index (κ1) is 26.0. The van der Waals surface area contributed by atoms with E-state index in [1.54, 1.807) is 78.9 Å². The minimum Gasteiger partial charge on any atom is -0.368 e. The molecule has 0 spiro atoms. The van der Waals surface area contributed by atoms with Gasteiger partial charge in [-0.05, 0) is 66.2 Å². The molecule has 0 N–H and O–H groups in total. The monoisotopic (exact) mass is 536 g/mol. The summed E-state index contributed by atoms with van der Waals surface area (Å²) in [5.74, 6) is -0.0705. The second kappa shape index (κ2) is 11.4. The van der Waals surface area contributed by atoms with Crippen molar-refractivity contribution < 1.29 is 13.2 Å². The number of anilines is 2. The quantitative estimate of drug-likeness (QED) is 0.335. The van der Waals surface area contributed by atoms with Gasteiger partial charge in [0.05, 0.1) is 28.8 Å². The fourth-order valence-corrected chi connectivity index (χ4v) is 6.12. The Morgan fingerprint density at radius 2 is 1.36 bits per heavy atom. The lowest BCUT2D eigenvalue weighted by molar-refractivity contribution is 0.0747. The molecule has 1 aliphatic rings. The van der Waals surface area contributed by atoms with Crippen LogP contribution in [-0.4, -0.2) is 45.4 Å². The van der Waals surface area contributed by atoms with Gasteiger partial charge in [-0.15, -0.1) is 0 Å². The normalized spacial score (nSPS) is 13.5. The van der Waals surface area contributed by atoms with Crippen LogP contribution in [0.2, 0.25) is 0 Å². The van der Waals surface area contributed by atoms with E-state index in [0.717, 1.165) is 24.3 Å². The molecule has 4 aromatic carbocycles. The summed E-state index contributed by atoms with van der Waals surface area (Å²) in [5, 5.41) is 9.11. The van der Waals surface area contributed by atoms with Crippen LogP contribution in [0.15, 0.2) is 114 Å². The van der Waals surface area contributed by atoms with E-state index in [1.165, 1.54) is 4.31 Å². The van der Waals surface area contributed by atoms with E-state index < -0.39 is 10.0 Å². The van der Waals surface area contributed by atoms with Gasteiger partial charge in [-0.1, -0.05) is 48.5 Å². The second-order valence-corrected chi connectivity index (χ2v) is 11.2. The Morgan fingerprint density at radius 3 is 1.95 bits per heavy atom. The van der Waals surface area contributed by atoms with E-state index in [-0.39, 0.29) is 17.3 Å². The van der Waals surface area contributed by atoms with E-state index in [1.807, 2.05) is 23.1 Å². The highest BCUT2D eigenvalue weighted by Crippen LogP contribution is 2.27. The first-order chi connectivity index (χ1) is 19.0. The van der Waals surface area contributed by atoms with E-state index in [9.17, 15) is 13.2 Å². The summed E-state index contributed by atoms with van der Waals surface area (Å²) in [5.41, 5.74) is 3.36. The van der Waals surface area contributed by atoms with Crippen molar-refractivity contribution in [1.29, 1.82) is 5.26 Å². The minimum atomic E-state index is -3.89. The number of amides is 1. The molecule has 39 heavy (non-hydrogen) atoms. The summed E-state index contributed by atoms with van der Waals surface area (Å²) in [6.45, 7) is 2.81. The SMILES string of the molecule is N#Cc1ccc(CN(c2ccc(C(=O)N3CCN(c4ccccc4)CC3)cc2)S(=O)(=O)c2ccccc2)cc1. The van der Waals surface area contributed by atoms with Crippen LogP contribution in [0.3, 0.4) is 0 Å². The van der Waals surface area contributed by atoms with Crippen LogP contribution in [0.5, 0.6) is 0 Å². The summed E-state index contributed by atoms with van der Waals surface area (Å²) >= 11 is 0. The molecule has 1 amide bonds. The zero-order valence-electron chi connectivity index (χ0n) is 21.3. The Morgan fingerprint density at radius 1 is 0.769 bits per heavy atom. The molecule has 196 valence electrons. The number of hydrogen-bond acceptors (Lipinski definition) is 5. The molecule has 0 aliphatic carbocycles. The topological polar surface area (TPSA) is 84.7 Å². The number of sulfonamides is 1. The molecule has 7 nitrogen and oxygen atoms in total. The van der Waals surface area contributed by atoms with Gasteiger partial charge >= 0.3 is 0 Å². The molecule has 1 saturated heterocycles. The van der Waals surface area contributed by atoms with Crippen molar-refractivity contribution in [2.24, 2.45) is 0 Å². The van der Waals surface area contributed by atoms with Crippen molar-refractivity contribution >= 4 is 27.3 Å². The summed E-state index contributed by atoms with van der Waals surface area (Å²) in [4.78, 5) is 17.5. The van der Waals surface area contributed by atoms with Crippen LogP contribution < -0.4 is 9.21 Å². The number of carbonyl (C=O) groups excluding carboxylic acids is 1. The number of piperazine rings is 1. The number of nitriles is 1. The third-order valence-electron chi connectivity index (χ3n) is 6.83. The molecule has 4 aromatic rings. The summed E-state index contributed by atoms with van der Waals surface area (Å²) < 4.78 is 28.7. The Kier molecular flexibility index (Phi) is 7.62. The van der Waals surface area contributed by atoms with Crippen LogP contribution in [0.4, 0.5) is 11.4 Å². The molecule has 0 bridgehead atoms. The smallest absolute Gasteiger partial charge is 0.264 e. The Balaban J connectivity index is 1.36. The molecular formula is C31H28N4O3S. The zero-order valence-corrected chi connectivity index (χ0v) is 22.2. The molecule has 0 atom stereocenters. The van der Waals surface area contributed by atoms with Gasteiger partial charge < -0.3 is 9.80 Å². The highest BCUT2D eigenvalue weighted by Gasteiger charge is 2.26. The van der Waals surface area contributed by atoms with Crippen molar-refractivity contribution in [2.75, 3.05) is 35.4 Å². The molecule has 0 saturated carbocycles. The van der Waals surface area contributed by atoms with Gasteiger partial charge in [0, 0.05) is 37.4 Å². The molecule has 5 rings (SSSR count). The molecular weight excluding hydrogens is 508 g/mol. The van der Waals surface area contributed by atoms with Crippen molar-refractivity contribution in [3.05, 3.63) is 126 Å². The summed E-state index contributed by atoms with van der Waals surface area (Å²) in [7, 11) is -3.89. The van der Waals surface area contributed by atoms with Crippen molar-refractivity contribution in [2.45, 2.75) is 11.4 Å². The van der Waals surface area contributed by atoms with Crippen molar-refractivity contribution in [3.63, 3.8) is 0 Å². The number of para-hydroxylation sites is 1. The van der Waals surface area contributed by atoms with Gasteiger partial charge in [0.25, 0.3) is 15.9 Å². The number of benzene rings is 4. The van der Waals surface area contributed by atoms with E-state index in [2.05, 4.69) is 23.1 Å². The van der Waals surface area contributed by atoms with Crippen molar-refractivity contribution in [3.8, 4) is 6.07 Å². The molecule has 8 heteroatoms. The average Bonchev–Trinajstić information content (AvgIpc) is 3.01. The third-order valence-corrected chi connectivity index (χ3v) is 8.62. The Bertz CT molecular complexity index is 1560. The lowest BCUT2D eigenvalue weighted by Crippen LogP contribution is -2.48. The molecule has 1 aliphatic heterocycles. The fourth-order valence-electron chi connectivity index (χ4n) is 4.64. The van der Waals surface area contributed by atoms with Gasteiger partial charge in [-0.25, -0.2) is 8.42 Å². The van der Waals surface area contributed by atoms with Gasteiger partial charge in [-0.3, -0.25) is 9.10 Å². The predicted octanol–water partition coefficient (Wildman–Crippen LogP) is 4.92. The van der Waals surface area contributed by atoms with Crippen LogP contribution in [-0.2, 0) is 16.6 Å². The first-order valence-electron chi connectivity index (χ1n) is 12.7. The maximum atomic E-state index is 13.7. The second-order valence-electron chi connectivity index (χ2n) is 9.30. The lowest BCUT2D eigenvalue weighted by Gasteiger charge is -2.36.